The van der Waals surface area contributed by atoms with Gasteiger partial charge in [0.05, 0.1) is 6.33 Å². The van der Waals surface area contributed by atoms with Crippen molar-refractivity contribution in [3.63, 3.8) is 0 Å². The van der Waals surface area contributed by atoms with Crippen LogP contribution in [0.25, 0.3) is 0 Å². The van der Waals surface area contributed by atoms with Gasteiger partial charge in [0.15, 0.2) is 0 Å². The van der Waals surface area contributed by atoms with Crippen LogP contribution in [-0.4, -0.2) is 28.0 Å². The summed E-state index contributed by atoms with van der Waals surface area (Å²) in [5, 5.41) is 3.39. The molecule has 3 nitrogen and oxygen atoms in total. The van der Waals surface area contributed by atoms with E-state index in [9.17, 15) is 0 Å². The lowest BCUT2D eigenvalue weighted by atomic mass is 10.5. The van der Waals surface area contributed by atoms with E-state index in [0.717, 1.165) is 24.7 Å². The number of aromatic nitrogens is 2. The summed E-state index contributed by atoms with van der Waals surface area (Å²) in [5.74, 6) is 3.64. The van der Waals surface area contributed by atoms with Crippen molar-refractivity contribution >= 4 is 11.8 Å². The first kappa shape index (κ1) is 10.1. The third-order valence-corrected chi connectivity index (χ3v) is 3.54. The Morgan fingerprint density at radius 1 is 1.57 bits per heavy atom. The lowest BCUT2D eigenvalue weighted by Gasteiger charge is -2.02. The fourth-order valence-electron chi connectivity index (χ4n) is 1.28. The second-order valence-corrected chi connectivity index (χ2v) is 4.92. The minimum absolute atomic E-state index is 0.907. The number of thioether (sulfide) groups is 1. The summed E-state index contributed by atoms with van der Waals surface area (Å²) < 4.78 is 0. The van der Waals surface area contributed by atoms with E-state index in [1.807, 2.05) is 6.20 Å². The van der Waals surface area contributed by atoms with Crippen LogP contribution in [0.1, 0.15) is 18.5 Å². The highest BCUT2D eigenvalue weighted by Crippen LogP contribution is 2.32. The molecular weight excluding hydrogens is 194 g/mol. The molecule has 1 aliphatic carbocycles. The van der Waals surface area contributed by atoms with Crippen molar-refractivity contribution in [1.29, 1.82) is 0 Å². The molecule has 0 spiro atoms. The predicted octanol–water partition coefficient (Wildman–Crippen LogP) is 1.64. The van der Waals surface area contributed by atoms with Gasteiger partial charge in [0.25, 0.3) is 0 Å². The summed E-state index contributed by atoms with van der Waals surface area (Å²) in [6.45, 7) is 2.00. The summed E-state index contributed by atoms with van der Waals surface area (Å²) in [7, 11) is 0. The number of nitrogens with one attached hydrogen (secondary N) is 2. The zero-order valence-corrected chi connectivity index (χ0v) is 9.15. The minimum Gasteiger partial charge on any atom is -0.347 e. The molecule has 1 heterocycles. The van der Waals surface area contributed by atoms with E-state index >= 15 is 0 Å². The van der Waals surface area contributed by atoms with Crippen LogP contribution in [0.2, 0.25) is 0 Å². The van der Waals surface area contributed by atoms with Crippen LogP contribution >= 0.6 is 11.8 Å². The van der Waals surface area contributed by atoms with Crippen molar-refractivity contribution in [2.45, 2.75) is 19.4 Å². The van der Waals surface area contributed by atoms with Crippen molar-refractivity contribution < 1.29 is 0 Å². The third-order valence-electron chi connectivity index (χ3n) is 2.34. The fourth-order valence-corrected chi connectivity index (χ4v) is 2.41. The molecule has 1 fully saturated rings. The van der Waals surface area contributed by atoms with Gasteiger partial charge in [0, 0.05) is 30.7 Å². The maximum Gasteiger partial charge on any atom is 0.0922 e. The largest absolute Gasteiger partial charge is 0.347 e. The molecule has 0 saturated heterocycles. The third kappa shape index (κ3) is 3.72. The van der Waals surface area contributed by atoms with Crippen LogP contribution in [0.5, 0.6) is 0 Å². The Bertz CT molecular complexity index is 244. The van der Waals surface area contributed by atoms with Crippen molar-refractivity contribution in [2.24, 2.45) is 5.92 Å². The first-order valence-electron chi connectivity index (χ1n) is 5.21. The van der Waals surface area contributed by atoms with E-state index < -0.39 is 0 Å². The summed E-state index contributed by atoms with van der Waals surface area (Å²) in [4.78, 5) is 7.04. The first-order chi connectivity index (χ1) is 6.95. The zero-order chi connectivity index (χ0) is 9.64. The van der Waals surface area contributed by atoms with Crippen LogP contribution in [0.4, 0.5) is 0 Å². The molecule has 1 aromatic rings. The minimum atomic E-state index is 0.907. The van der Waals surface area contributed by atoms with E-state index in [0.29, 0.717) is 0 Å². The zero-order valence-electron chi connectivity index (χ0n) is 8.33. The van der Waals surface area contributed by atoms with Gasteiger partial charge in [-0.1, -0.05) is 0 Å². The number of rotatable bonds is 7. The number of aromatic amines is 1. The number of H-pyrrole nitrogens is 1. The van der Waals surface area contributed by atoms with Gasteiger partial charge < -0.3 is 10.3 Å². The van der Waals surface area contributed by atoms with E-state index in [4.69, 9.17) is 0 Å². The molecule has 0 radical (unpaired) electrons. The number of hydrogen-bond donors (Lipinski definition) is 2. The maximum absolute atomic E-state index is 3.97. The van der Waals surface area contributed by atoms with E-state index in [1.54, 1.807) is 6.33 Å². The van der Waals surface area contributed by atoms with Crippen molar-refractivity contribution in [2.75, 3.05) is 18.1 Å². The lowest BCUT2D eigenvalue weighted by molar-refractivity contribution is 0.718. The van der Waals surface area contributed by atoms with Crippen LogP contribution in [0, 0.1) is 5.92 Å². The van der Waals surface area contributed by atoms with Crippen LogP contribution in [0.15, 0.2) is 12.5 Å². The monoisotopic (exact) mass is 211 g/mol. The smallest absolute Gasteiger partial charge is 0.0922 e. The van der Waals surface area contributed by atoms with Crippen LogP contribution in [-0.2, 0) is 6.54 Å². The van der Waals surface area contributed by atoms with E-state index in [1.165, 1.54) is 24.3 Å². The Hall–Kier alpha value is -0.480. The highest BCUT2D eigenvalue weighted by molar-refractivity contribution is 7.99. The highest BCUT2D eigenvalue weighted by atomic mass is 32.2. The Morgan fingerprint density at radius 2 is 2.50 bits per heavy atom. The highest BCUT2D eigenvalue weighted by Gasteiger charge is 2.20. The molecule has 0 atom stereocenters. The number of hydrogen-bond acceptors (Lipinski definition) is 3. The SMILES string of the molecule is c1ncc(CNCCSCC2CC2)[nH]1. The summed E-state index contributed by atoms with van der Waals surface area (Å²) in [5.41, 5.74) is 1.16. The standard InChI is InChI=1S/C10H17N3S/c1-2-9(1)7-14-4-3-11-5-10-6-12-8-13-10/h6,8-9,11H,1-5,7H2,(H,12,13). The Balaban J connectivity index is 1.43. The van der Waals surface area contributed by atoms with E-state index in [2.05, 4.69) is 27.0 Å². The molecule has 0 bridgehead atoms. The Morgan fingerprint density at radius 3 is 3.21 bits per heavy atom. The molecule has 1 saturated carbocycles. The van der Waals surface area contributed by atoms with Gasteiger partial charge in [-0.3, -0.25) is 0 Å². The molecule has 0 amide bonds. The van der Waals surface area contributed by atoms with Gasteiger partial charge >= 0.3 is 0 Å². The first-order valence-corrected chi connectivity index (χ1v) is 6.36. The average Bonchev–Trinajstić information content (AvgIpc) is 2.87. The molecule has 0 aromatic carbocycles. The Labute approximate surface area is 89.1 Å². The summed E-state index contributed by atoms with van der Waals surface area (Å²) >= 11 is 2.07. The predicted molar refractivity (Wildman–Crippen MR) is 60.3 cm³/mol. The number of imidazole rings is 1. The van der Waals surface area contributed by atoms with Crippen molar-refractivity contribution in [3.8, 4) is 0 Å². The molecule has 78 valence electrons. The molecule has 0 unspecified atom stereocenters. The lowest BCUT2D eigenvalue weighted by Crippen LogP contribution is -2.16. The molecule has 2 rings (SSSR count). The van der Waals surface area contributed by atoms with Crippen LogP contribution < -0.4 is 5.32 Å². The number of nitrogens with zero attached hydrogens (tertiary/aromatic N) is 1. The maximum atomic E-state index is 3.97. The van der Waals surface area contributed by atoms with Gasteiger partial charge in [0.1, 0.15) is 0 Å². The molecule has 1 aliphatic rings. The van der Waals surface area contributed by atoms with Gasteiger partial charge in [-0.25, -0.2) is 4.98 Å². The molecule has 0 aliphatic heterocycles. The summed E-state index contributed by atoms with van der Waals surface area (Å²) in [6.07, 6.45) is 6.52. The van der Waals surface area contributed by atoms with Gasteiger partial charge in [-0.05, 0) is 24.5 Å². The second-order valence-electron chi connectivity index (χ2n) is 3.77. The van der Waals surface area contributed by atoms with Crippen molar-refractivity contribution in [1.82, 2.24) is 15.3 Å². The molecular formula is C10H17N3S. The van der Waals surface area contributed by atoms with Gasteiger partial charge in [0.2, 0.25) is 0 Å². The quantitative estimate of drug-likeness (QED) is 0.674. The molecule has 2 N–H and O–H groups in total. The molecule has 4 heteroatoms. The van der Waals surface area contributed by atoms with E-state index in [-0.39, 0.29) is 0 Å². The summed E-state index contributed by atoms with van der Waals surface area (Å²) in [6, 6.07) is 0. The van der Waals surface area contributed by atoms with Crippen molar-refractivity contribution in [3.05, 3.63) is 18.2 Å². The van der Waals surface area contributed by atoms with Gasteiger partial charge in [-0.15, -0.1) is 0 Å². The molecule has 1 aromatic heterocycles. The molecule has 14 heavy (non-hydrogen) atoms. The van der Waals surface area contributed by atoms with Gasteiger partial charge in [-0.2, -0.15) is 11.8 Å². The fraction of sp³-hybridized carbons (Fsp3) is 0.700. The second kappa shape index (κ2) is 5.41. The Kier molecular flexibility index (Phi) is 3.89. The average molecular weight is 211 g/mol. The normalized spacial score (nSPS) is 16.0. The topological polar surface area (TPSA) is 40.7 Å². The van der Waals surface area contributed by atoms with Crippen LogP contribution in [0.3, 0.4) is 0 Å².